The predicted molar refractivity (Wildman–Crippen MR) is 66.1 cm³/mol. The summed E-state index contributed by atoms with van der Waals surface area (Å²) in [4.78, 5) is 13.9. The second kappa shape index (κ2) is 5.64. The highest BCUT2D eigenvalue weighted by Crippen LogP contribution is 2.17. The Balaban J connectivity index is 4.78. The number of hydrogen-bond donors (Lipinski definition) is 2. The minimum absolute atomic E-state index is 0.0675. The molecule has 0 rings (SSSR count). The van der Waals surface area contributed by atoms with Crippen LogP contribution in [0.5, 0.6) is 0 Å². The van der Waals surface area contributed by atoms with Crippen molar-refractivity contribution >= 4 is 5.91 Å². The second-order valence-electron chi connectivity index (χ2n) is 5.00. The van der Waals surface area contributed by atoms with E-state index in [1.807, 2.05) is 20.8 Å². The molecule has 0 radical (unpaired) electrons. The number of likely N-dealkylation sites (N-methyl/N-ethyl adjacent to an activating group) is 1. The zero-order valence-electron chi connectivity index (χ0n) is 11.2. The van der Waals surface area contributed by atoms with E-state index in [0.717, 1.165) is 0 Å². The number of nitrogens with two attached hydrogens (primary N) is 1. The lowest BCUT2D eigenvalue weighted by atomic mass is 9.92. The Hall–Kier alpha value is -0.610. The summed E-state index contributed by atoms with van der Waals surface area (Å²) in [6.45, 7) is 10.0. The molecule has 96 valence electrons. The van der Waals surface area contributed by atoms with Crippen molar-refractivity contribution in [1.82, 2.24) is 4.90 Å². The topological polar surface area (TPSA) is 66.6 Å². The number of hydrogen-bond acceptors (Lipinski definition) is 3. The van der Waals surface area contributed by atoms with Gasteiger partial charge in [-0.25, -0.2) is 0 Å². The van der Waals surface area contributed by atoms with Crippen LogP contribution in [-0.4, -0.2) is 40.1 Å². The molecule has 0 atom stereocenters. The van der Waals surface area contributed by atoms with Crippen LogP contribution in [0, 0.1) is 0 Å². The maximum Gasteiger partial charge on any atom is 0.242 e. The van der Waals surface area contributed by atoms with E-state index in [1.54, 1.807) is 18.7 Å². The van der Waals surface area contributed by atoms with Gasteiger partial charge in [-0.2, -0.15) is 0 Å². The lowest BCUT2D eigenvalue weighted by Gasteiger charge is -2.35. The first-order valence-electron chi connectivity index (χ1n) is 6.00. The van der Waals surface area contributed by atoms with Crippen LogP contribution >= 0.6 is 0 Å². The minimum Gasteiger partial charge on any atom is -0.389 e. The molecule has 4 nitrogen and oxygen atoms in total. The van der Waals surface area contributed by atoms with Crippen molar-refractivity contribution in [2.45, 2.75) is 58.6 Å². The lowest BCUT2D eigenvalue weighted by Crippen LogP contribution is -2.56. The fourth-order valence-electron chi connectivity index (χ4n) is 1.66. The molecule has 0 heterocycles. The van der Waals surface area contributed by atoms with Crippen molar-refractivity contribution in [2.75, 3.05) is 13.1 Å². The molecular weight excluding hydrogens is 204 g/mol. The molecule has 0 unspecified atom stereocenters. The Labute approximate surface area is 98.8 Å². The molecule has 0 bridgehead atoms. The third-order valence-corrected chi connectivity index (χ3v) is 2.93. The van der Waals surface area contributed by atoms with E-state index in [2.05, 4.69) is 0 Å². The van der Waals surface area contributed by atoms with Gasteiger partial charge in [-0.1, -0.05) is 13.8 Å². The first kappa shape index (κ1) is 15.4. The zero-order valence-corrected chi connectivity index (χ0v) is 11.2. The second-order valence-corrected chi connectivity index (χ2v) is 5.00. The standard InChI is InChI=1S/C12H26N2O2/c1-6-12(13,7-2)10(15)14(8-3)9-11(4,5)16/h16H,6-9,13H2,1-5H3. The maximum atomic E-state index is 12.2. The smallest absolute Gasteiger partial charge is 0.242 e. The number of carbonyl (C=O) groups is 1. The van der Waals surface area contributed by atoms with Gasteiger partial charge in [-0.05, 0) is 33.6 Å². The molecular formula is C12H26N2O2. The Bertz CT molecular complexity index is 230. The molecule has 0 aliphatic heterocycles. The predicted octanol–water partition coefficient (Wildman–Crippen LogP) is 1.12. The van der Waals surface area contributed by atoms with Gasteiger partial charge in [0.05, 0.1) is 11.1 Å². The summed E-state index contributed by atoms with van der Waals surface area (Å²) in [6, 6.07) is 0. The maximum absolute atomic E-state index is 12.2. The molecule has 0 aromatic rings. The number of rotatable bonds is 6. The van der Waals surface area contributed by atoms with Crippen molar-refractivity contribution in [2.24, 2.45) is 5.73 Å². The van der Waals surface area contributed by atoms with Gasteiger partial charge < -0.3 is 15.7 Å². The highest BCUT2D eigenvalue weighted by Gasteiger charge is 2.35. The van der Waals surface area contributed by atoms with Crippen LogP contribution in [0.15, 0.2) is 0 Å². The van der Waals surface area contributed by atoms with Crippen molar-refractivity contribution in [1.29, 1.82) is 0 Å². The summed E-state index contributed by atoms with van der Waals surface area (Å²) in [5.41, 5.74) is 4.39. The van der Waals surface area contributed by atoms with Crippen LogP contribution in [0.4, 0.5) is 0 Å². The third-order valence-electron chi connectivity index (χ3n) is 2.93. The van der Waals surface area contributed by atoms with Crippen molar-refractivity contribution in [3.05, 3.63) is 0 Å². The van der Waals surface area contributed by atoms with Crippen LogP contribution in [0.1, 0.15) is 47.5 Å². The number of nitrogens with zero attached hydrogens (tertiary/aromatic N) is 1. The Morgan fingerprint density at radius 3 is 1.94 bits per heavy atom. The van der Waals surface area contributed by atoms with E-state index in [4.69, 9.17) is 5.73 Å². The fourth-order valence-corrected chi connectivity index (χ4v) is 1.66. The van der Waals surface area contributed by atoms with Gasteiger partial charge in [-0.3, -0.25) is 4.79 Å². The first-order valence-corrected chi connectivity index (χ1v) is 6.00. The van der Waals surface area contributed by atoms with Gasteiger partial charge in [0.1, 0.15) is 0 Å². The summed E-state index contributed by atoms with van der Waals surface area (Å²) in [6.07, 6.45) is 1.23. The SMILES string of the molecule is CCN(CC(C)(C)O)C(=O)C(N)(CC)CC. The van der Waals surface area contributed by atoms with Gasteiger partial charge in [0.15, 0.2) is 0 Å². The van der Waals surface area contributed by atoms with Gasteiger partial charge in [0, 0.05) is 13.1 Å². The Morgan fingerprint density at radius 1 is 1.25 bits per heavy atom. The van der Waals surface area contributed by atoms with Crippen LogP contribution in [0.3, 0.4) is 0 Å². The van der Waals surface area contributed by atoms with E-state index in [0.29, 0.717) is 25.9 Å². The van der Waals surface area contributed by atoms with E-state index in [9.17, 15) is 9.90 Å². The van der Waals surface area contributed by atoms with Gasteiger partial charge in [0.2, 0.25) is 5.91 Å². The normalized spacial score (nSPS) is 12.7. The molecule has 0 saturated heterocycles. The molecule has 0 aromatic heterocycles. The molecule has 0 aliphatic rings. The Kier molecular flexibility index (Phi) is 5.42. The fraction of sp³-hybridized carbons (Fsp3) is 0.917. The van der Waals surface area contributed by atoms with Crippen molar-refractivity contribution in [3.63, 3.8) is 0 Å². The molecule has 3 N–H and O–H groups in total. The highest BCUT2D eigenvalue weighted by molar-refractivity contribution is 5.86. The van der Waals surface area contributed by atoms with E-state index >= 15 is 0 Å². The quantitative estimate of drug-likeness (QED) is 0.718. The van der Waals surface area contributed by atoms with Crippen molar-refractivity contribution in [3.8, 4) is 0 Å². The molecule has 0 aromatic carbocycles. The van der Waals surface area contributed by atoms with Crippen LogP contribution < -0.4 is 5.73 Å². The highest BCUT2D eigenvalue weighted by atomic mass is 16.3. The average molecular weight is 230 g/mol. The first-order chi connectivity index (χ1) is 7.20. The van der Waals surface area contributed by atoms with Crippen LogP contribution in [0.2, 0.25) is 0 Å². The van der Waals surface area contributed by atoms with E-state index < -0.39 is 11.1 Å². The molecule has 0 fully saturated rings. The summed E-state index contributed by atoms with van der Waals surface area (Å²) in [5.74, 6) is -0.0675. The van der Waals surface area contributed by atoms with Crippen molar-refractivity contribution < 1.29 is 9.90 Å². The molecule has 0 saturated carbocycles. The molecule has 0 spiro atoms. The molecule has 1 amide bonds. The number of amides is 1. The van der Waals surface area contributed by atoms with E-state index in [-0.39, 0.29) is 5.91 Å². The Morgan fingerprint density at radius 2 is 1.69 bits per heavy atom. The number of aliphatic hydroxyl groups is 1. The third kappa shape index (κ3) is 4.10. The summed E-state index contributed by atoms with van der Waals surface area (Å²) < 4.78 is 0. The van der Waals surface area contributed by atoms with E-state index in [1.165, 1.54) is 0 Å². The molecule has 16 heavy (non-hydrogen) atoms. The number of carbonyl (C=O) groups excluding carboxylic acids is 1. The average Bonchev–Trinajstić information content (AvgIpc) is 2.22. The van der Waals surface area contributed by atoms with Gasteiger partial charge >= 0.3 is 0 Å². The minimum atomic E-state index is -0.881. The lowest BCUT2D eigenvalue weighted by molar-refractivity contribution is -0.140. The van der Waals surface area contributed by atoms with Gasteiger partial charge in [0.25, 0.3) is 0 Å². The van der Waals surface area contributed by atoms with Crippen LogP contribution in [0.25, 0.3) is 0 Å². The van der Waals surface area contributed by atoms with Crippen LogP contribution in [-0.2, 0) is 4.79 Å². The molecule has 0 aliphatic carbocycles. The monoisotopic (exact) mass is 230 g/mol. The zero-order chi connectivity index (χ0) is 13.0. The van der Waals surface area contributed by atoms with Gasteiger partial charge in [-0.15, -0.1) is 0 Å². The largest absolute Gasteiger partial charge is 0.389 e. The summed E-state index contributed by atoms with van der Waals surface area (Å²) in [7, 11) is 0. The summed E-state index contributed by atoms with van der Waals surface area (Å²) >= 11 is 0. The summed E-state index contributed by atoms with van der Waals surface area (Å²) in [5, 5.41) is 9.74. The molecule has 4 heteroatoms.